The Labute approximate surface area is 154 Å². The van der Waals surface area contributed by atoms with E-state index in [9.17, 15) is 9.59 Å². The van der Waals surface area contributed by atoms with Crippen molar-refractivity contribution in [3.05, 3.63) is 23.8 Å². The number of carbonyl (C=O) groups is 2. The van der Waals surface area contributed by atoms with Gasteiger partial charge >= 0.3 is 5.97 Å². The van der Waals surface area contributed by atoms with Crippen molar-refractivity contribution in [1.29, 1.82) is 0 Å². The van der Waals surface area contributed by atoms with E-state index in [-0.39, 0.29) is 23.7 Å². The lowest BCUT2D eigenvalue weighted by molar-refractivity contribution is -0.145. The number of ether oxygens (including phenoxy) is 3. The normalized spacial score (nSPS) is 20.6. The van der Waals surface area contributed by atoms with Gasteiger partial charge in [-0.05, 0) is 43.4 Å². The minimum atomic E-state index is -0.145. The van der Waals surface area contributed by atoms with Crippen LogP contribution in [0.4, 0.5) is 0 Å². The van der Waals surface area contributed by atoms with Crippen LogP contribution in [0.25, 0.3) is 0 Å². The van der Waals surface area contributed by atoms with Gasteiger partial charge in [0.15, 0.2) is 11.5 Å². The molecule has 1 aliphatic heterocycles. The van der Waals surface area contributed by atoms with Gasteiger partial charge in [-0.25, -0.2) is 0 Å². The van der Waals surface area contributed by atoms with E-state index in [0.29, 0.717) is 55.9 Å². The van der Waals surface area contributed by atoms with Crippen LogP contribution in [0.3, 0.4) is 0 Å². The molecule has 1 aliphatic carbocycles. The van der Waals surface area contributed by atoms with Crippen LogP contribution in [0.5, 0.6) is 11.5 Å². The highest BCUT2D eigenvalue weighted by atomic mass is 16.6. The first kappa shape index (κ1) is 18.5. The van der Waals surface area contributed by atoms with Gasteiger partial charge in [-0.2, -0.15) is 0 Å². The molecule has 0 radical (unpaired) electrons. The van der Waals surface area contributed by atoms with Gasteiger partial charge in [0.25, 0.3) is 5.91 Å². The van der Waals surface area contributed by atoms with E-state index >= 15 is 0 Å². The van der Waals surface area contributed by atoms with Crippen molar-refractivity contribution in [3.8, 4) is 11.5 Å². The van der Waals surface area contributed by atoms with E-state index in [4.69, 9.17) is 14.2 Å². The van der Waals surface area contributed by atoms with Crippen LogP contribution >= 0.6 is 0 Å². The van der Waals surface area contributed by atoms with Crippen LogP contribution in [0.2, 0.25) is 0 Å². The first-order valence-corrected chi connectivity index (χ1v) is 9.35. The second-order valence-electron chi connectivity index (χ2n) is 7.32. The van der Waals surface area contributed by atoms with Crippen molar-refractivity contribution in [3.63, 3.8) is 0 Å². The summed E-state index contributed by atoms with van der Waals surface area (Å²) in [4.78, 5) is 26.8. The SMILES string of the molecule is CCOC(=O)C1CC1CN(CC(C)C)C(=O)c1ccc2c(c1)OCCO2. The van der Waals surface area contributed by atoms with Crippen molar-refractivity contribution in [2.45, 2.75) is 27.2 Å². The lowest BCUT2D eigenvalue weighted by atomic mass is 10.1. The minimum absolute atomic E-state index is 0.0369. The summed E-state index contributed by atoms with van der Waals surface area (Å²) in [5, 5.41) is 0. The first-order valence-electron chi connectivity index (χ1n) is 9.35. The standard InChI is InChI=1S/C20H27NO5/c1-4-24-20(23)16-9-15(16)12-21(11-13(2)3)19(22)14-5-6-17-18(10-14)26-8-7-25-17/h5-6,10,13,15-16H,4,7-9,11-12H2,1-3H3. The third-order valence-corrected chi connectivity index (χ3v) is 4.63. The average molecular weight is 361 g/mol. The summed E-state index contributed by atoms with van der Waals surface area (Å²) in [6.45, 7) is 8.62. The molecule has 3 rings (SSSR count). The monoisotopic (exact) mass is 361 g/mol. The Bertz CT molecular complexity index is 672. The fourth-order valence-corrected chi connectivity index (χ4v) is 3.31. The van der Waals surface area contributed by atoms with Gasteiger partial charge in [-0.15, -0.1) is 0 Å². The number of fused-ring (bicyclic) bond motifs is 1. The molecule has 6 heteroatoms. The second-order valence-corrected chi connectivity index (χ2v) is 7.32. The van der Waals surface area contributed by atoms with Gasteiger partial charge in [0.2, 0.25) is 0 Å². The number of nitrogens with zero attached hydrogens (tertiary/aromatic N) is 1. The highest BCUT2D eigenvalue weighted by molar-refractivity contribution is 5.95. The third kappa shape index (κ3) is 4.29. The maximum atomic E-state index is 13.0. The van der Waals surface area contributed by atoms with E-state index in [1.807, 2.05) is 11.8 Å². The molecule has 1 aromatic carbocycles. The van der Waals surface area contributed by atoms with E-state index in [1.54, 1.807) is 18.2 Å². The van der Waals surface area contributed by atoms with Gasteiger partial charge < -0.3 is 19.1 Å². The molecule has 2 atom stereocenters. The zero-order chi connectivity index (χ0) is 18.7. The maximum Gasteiger partial charge on any atom is 0.309 e. The van der Waals surface area contributed by atoms with Gasteiger partial charge in [-0.3, -0.25) is 9.59 Å². The zero-order valence-electron chi connectivity index (χ0n) is 15.7. The van der Waals surface area contributed by atoms with Crippen molar-refractivity contribution < 1.29 is 23.8 Å². The Morgan fingerprint density at radius 1 is 1.23 bits per heavy atom. The van der Waals surface area contributed by atoms with E-state index in [2.05, 4.69) is 13.8 Å². The van der Waals surface area contributed by atoms with E-state index in [0.717, 1.165) is 6.42 Å². The quantitative estimate of drug-likeness (QED) is 0.699. The molecular formula is C20H27NO5. The number of esters is 1. The molecule has 1 aromatic rings. The first-order chi connectivity index (χ1) is 12.5. The zero-order valence-corrected chi connectivity index (χ0v) is 15.7. The molecule has 0 spiro atoms. The summed E-state index contributed by atoms with van der Waals surface area (Å²) >= 11 is 0. The van der Waals surface area contributed by atoms with Crippen LogP contribution in [0.1, 0.15) is 37.6 Å². The molecule has 0 saturated heterocycles. The van der Waals surface area contributed by atoms with Gasteiger partial charge in [0.05, 0.1) is 12.5 Å². The molecule has 2 unspecified atom stereocenters. The van der Waals surface area contributed by atoms with Gasteiger partial charge in [-0.1, -0.05) is 13.8 Å². The average Bonchev–Trinajstić information content (AvgIpc) is 3.39. The number of benzene rings is 1. The largest absolute Gasteiger partial charge is 0.486 e. The number of carbonyl (C=O) groups excluding carboxylic acids is 2. The highest BCUT2D eigenvalue weighted by Crippen LogP contribution is 2.40. The molecule has 1 amide bonds. The topological polar surface area (TPSA) is 65.1 Å². The molecular weight excluding hydrogens is 334 g/mol. The number of hydrogen-bond donors (Lipinski definition) is 0. The van der Waals surface area contributed by atoms with Crippen molar-refractivity contribution in [2.75, 3.05) is 32.9 Å². The molecule has 0 aromatic heterocycles. The summed E-state index contributed by atoms with van der Waals surface area (Å²) in [5.41, 5.74) is 0.586. The Morgan fingerprint density at radius 3 is 2.65 bits per heavy atom. The summed E-state index contributed by atoms with van der Waals surface area (Å²) in [6.07, 6.45) is 0.793. The van der Waals surface area contributed by atoms with Crippen molar-refractivity contribution in [2.24, 2.45) is 17.8 Å². The van der Waals surface area contributed by atoms with E-state index < -0.39 is 0 Å². The smallest absolute Gasteiger partial charge is 0.309 e. The lowest BCUT2D eigenvalue weighted by Crippen LogP contribution is -2.36. The lowest BCUT2D eigenvalue weighted by Gasteiger charge is -2.26. The van der Waals surface area contributed by atoms with Crippen molar-refractivity contribution in [1.82, 2.24) is 4.90 Å². The predicted octanol–water partition coefficient (Wildman–Crippen LogP) is 2.76. The van der Waals surface area contributed by atoms with Crippen LogP contribution in [-0.2, 0) is 9.53 Å². The van der Waals surface area contributed by atoms with Crippen LogP contribution in [-0.4, -0.2) is 49.7 Å². The fraction of sp³-hybridized carbons (Fsp3) is 0.600. The molecule has 0 bridgehead atoms. The number of hydrogen-bond acceptors (Lipinski definition) is 5. The molecule has 1 heterocycles. The summed E-state index contributed by atoms with van der Waals surface area (Å²) in [6, 6.07) is 5.31. The number of amides is 1. The molecule has 142 valence electrons. The minimum Gasteiger partial charge on any atom is -0.486 e. The Kier molecular flexibility index (Phi) is 5.69. The molecule has 2 aliphatic rings. The van der Waals surface area contributed by atoms with Crippen LogP contribution < -0.4 is 9.47 Å². The molecule has 1 saturated carbocycles. The van der Waals surface area contributed by atoms with Crippen LogP contribution in [0, 0.1) is 17.8 Å². The third-order valence-electron chi connectivity index (χ3n) is 4.63. The molecule has 0 N–H and O–H groups in total. The Balaban J connectivity index is 1.69. The molecule has 26 heavy (non-hydrogen) atoms. The second kappa shape index (κ2) is 7.98. The predicted molar refractivity (Wildman–Crippen MR) is 96.4 cm³/mol. The number of rotatable bonds is 7. The molecule has 1 fully saturated rings. The molecule has 6 nitrogen and oxygen atoms in total. The van der Waals surface area contributed by atoms with Crippen molar-refractivity contribution >= 4 is 11.9 Å². The Hall–Kier alpha value is -2.24. The summed E-state index contributed by atoms with van der Waals surface area (Å²) < 4.78 is 16.2. The fourth-order valence-electron chi connectivity index (χ4n) is 3.31. The maximum absolute atomic E-state index is 13.0. The van der Waals surface area contributed by atoms with Gasteiger partial charge in [0, 0.05) is 18.7 Å². The van der Waals surface area contributed by atoms with Crippen LogP contribution in [0.15, 0.2) is 18.2 Å². The van der Waals surface area contributed by atoms with Gasteiger partial charge in [0.1, 0.15) is 13.2 Å². The summed E-state index contributed by atoms with van der Waals surface area (Å²) in [5.74, 6) is 1.57. The Morgan fingerprint density at radius 2 is 1.96 bits per heavy atom. The summed E-state index contributed by atoms with van der Waals surface area (Å²) in [7, 11) is 0. The highest BCUT2D eigenvalue weighted by Gasteiger charge is 2.45. The van der Waals surface area contributed by atoms with E-state index in [1.165, 1.54) is 0 Å².